The molecule has 0 amide bonds. The highest BCUT2D eigenvalue weighted by molar-refractivity contribution is 6.42. The molecule has 0 aromatic heterocycles. The summed E-state index contributed by atoms with van der Waals surface area (Å²) in [5, 5.41) is 1.25. The lowest BCUT2D eigenvalue weighted by Crippen LogP contribution is -2.30. The maximum Gasteiger partial charge on any atom is 0.0595 e. The predicted octanol–water partition coefficient (Wildman–Crippen LogP) is 5.89. The van der Waals surface area contributed by atoms with E-state index in [1.54, 1.807) is 0 Å². The van der Waals surface area contributed by atoms with E-state index < -0.39 is 0 Å². The first kappa shape index (κ1) is 17.1. The van der Waals surface area contributed by atoms with Gasteiger partial charge in [0, 0.05) is 0 Å². The van der Waals surface area contributed by atoms with E-state index in [1.807, 2.05) is 12.1 Å². The first-order valence-electron chi connectivity index (χ1n) is 7.98. The van der Waals surface area contributed by atoms with Gasteiger partial charge in [0.25, 0.3) is 0 Å². The molecule has 1 aromatic rings. The molecule has 1 saturated carbocycles. The van der Waals surface area contributed by atoms with E-state index in [1.165, 1.54) is 31.2 Å². The van der Waals surface area contributed by atoms with Crippen molar-refractivity contribution in [2.24, 2.45) is 23.0 Å². The van der Waals surface area contributed by atoms with Crippen LogP contribution in [0.5, 0.6) is 0 Å². The highest BCUT2D eigenvalue weighted by Gasteiger charge is 2.33. The van der Waals surface area contributed by atoms with Gasteiger partial charge in [-0.05, 0) is 73.1 Å². The lowest BCUT2D eigenvalue weighted by atomic mass is 9.66. The normalized spacial score (nSPS) is 24.9. The van der Waals surface area contributed by atoms with Crippen molar-refractivity contribution in [1.29, 1.82) is 0 Å². The van der Waals surface area contributed by atoms with E-state index in [0.717, 1.165) is 5.92 Å². The van der Waals surface area contributed by atoms with E-state index in [0.29, 0.717) is 33.8 Å². The smallest absolute Gasteiger partial charge is 0.0595 e. The monoisotopic (exact) mass is 327 g/mol. The van der Waals surface area contributed by atoms with Crippen LogP contribution in [-0.2, 0) is 0 Å². The summed E-state index contributed by atoms with van der Waals surface area (Å²) in [6.45, 7) is 7.76. The molecule has 0 heterocycles. The second kappa shape index (κ2) is 6.89. The highest BCUT2D eigenvalue weighted by Crippen LogP contribution is 2.44. The van der Waals surface area contributed by atoms with Crippen LogP contribution in [0.25, 0.3) is 0 Å². The lowest BCUT2D eigenvalue weighted by molar-refractivity contribution is 0.140. The zero-order valence-electron chi connectivity index (χ0n) is 13.3. The van der Waals surface area contributed by atoms with Crippen LogP contribution in [0.3, 0.4) is 0 Å². The number of hydrogen-bond donors (Lipinski definition) is 1. The van der Waals surface area contributed by atoms with Gasteiger partial charge < -0.3 is 5.73 Å². The molecule has 118 valence electrons. The van der Waals surface area contributed by atoms with E-state index >= 15 is 0 Å². The van der Waals surface area contributed by atoms with Crippen molar-refractivity contribution in [3.05, 3.63) is 33.8 Å². The zero-order chi connectivity index (χ0) is 15.6. The maximum absolute atomic E-state index is 6.16. The molecule has 1 nitrogen and oxygen atoms in total. The van der Waals surface area contributed by atoms with E-state index in [4.69, 9.17) is 28.9 Å². The number of halogens is 2. The fourth-order valence-corrected chi connectivity index (χ4v) is 4.04. The third-order valence-electron chi connectivity index (χ3n) is 5.19. The van der Waals surface area contributed by atoms with Crippen LogP contribution in [0.15, 0.2) is 18.2 Å². The first-order valence-corrected chi connectivity index (χ1v) is 8.73. The Balaban J connectivity index is 2.07. The standard InChI is InChI=1S/C18H27Cl2N/c1-18(2,3)14-7-4-12(5-8-14)15(11-21)13-6-9-16(19)17(20)10-13/h6,9-10,12,14-15H,4-5,7-8,11,21H2,1-3H3. The van der Waals surface area contributed by atoms with Crippen molar-refractivity contribution >= 4 is 23.2 Å². The van der Waals surface area contributed by atoms with E-state index in [2.05, 4.69) is 26.8 Å². The quantitative estimate of drug-likeness (QED) is 0.736. The fourth-order valence-electron chi connectivity index (χ4n) is 3.73. The minimum Gasteiger partial charge on any atom is -0.330 e. The molecule has 0 radical (unpaired) electrons. The summed E-state index contributed by atoms with van der Waals surface area (Å²) in [4.78, 5) is 0. The lowest BCUT2D eigenvalue weighted by Gasteiger charge is -2.39. The van der Waals surface area contributed by atoms with Gasteiger partial charge in [0.2, 0.25) is 0 Å². The first-order chi connectivity index (χ1) is 9.82. The molecule has 2 rings (SSSR count). The third-order valence-corrected chi connectivity index (χ3v) is 5.93. The average molecular weight is 328 g/mol. The van der Waals surface area contributed by atoms with Crippen molar-refractivity contribution in [1.82, 2.24) is 0 Å². The summed E-state index contributed by atoms with van der Waals surface area (Å²) < 4.78 is 0. The van der Waals surface area contributed by atoms with Gasteiger partial charge in [0.1, 0.15) is 0 Å². The highest BCUT2D eigenvalue weighted by atomic mass is 35.5. The van der Waals surface area contributed by atoms with Gasteiger partial charge in [0.05, 0.1) is 10.0 Å². The van der Waals surface area contributed by atoms with Crippen molar-refractivity contribution < 1.29 is 0 Å². The van der Waals surface area contributed by atoms with Gasteiger partial charge in [-0.15, -0.1) is 0 Å². The second-order valence-corrected chi connectivity index (χ2v) is 8.31. The van der Waals surface area contributed by atoms with Gasteiger partial charge in [-0.1, -0.05) is 50.0 Å². The van der Waals surface area contributed by atoms with Crippen molar-refractivity contribution in [3.8, 4) is 0 Å². The minimum atomic E-state index is 0.403. The Kier molecular flexibility index (Phi) is 5.62. The molecule has 0 spiro atoms. The van der Waals surface area contributed by atoms with Gasteiger partial charge in [-0.3, -0.25) is 0 Å². The molecule has 1 atom stereocenters. The van der Waals surface area contributed by atoms with Crippen LogP contribution in [0, 0.1) is 17.3 Å². The number of hydrogen-bond acceptors (Lipinski definition) is 1. The molecule has 0 bridgehead atoms. The van der Waals surface area contributed by atoms with Crippen LogP contribution < -0.4 is 5.73 Å². The number of benzene rings is 1. The van der Waals surface area contributed by atoms with Crippen LogP contribution in [0.1, 0.15) is 57.9 Å². The van der Waals surface area contributed by atoms with E-state index in [9.17, 15) is 0 Å². The Morgan fingerprint density at radius 2 is 1.71 bits per heavy atom. The van der Waals surface area contributed by atoms with Crippen LogP contribution >= 0.6 is 23.2 Å². The Morgan fingerprint density at radius 1 is 1.10 bits per heavy atom. The summed E-state index contributed by atoms with van der Waals surface area (Å²) >= 11 is 12.2. The molecule has 21 heavy (non-hydrogen) atoms. The minimum absolute atomic E-state index is 0.403. The van der Waals surface area contributed by atoms with Crippen LogP contribution in [-0.4, -0.2) is 6.54 Å². The molecule has 1 aliphatic carbocycles. The van der Waals surface area contributed by atoms with Crippen molar-refractivity contribution in [2.45, 2.75) is 52.4 Å². The Bertz CT molecular complexity index is 471. The third kappa shape index (κ3) is 4.15. The molecule has 0 saturated heterocycles. The summed E-state index contributed by atoms with van der Waals surface area (Å²) in [7, 11) is 0. The van der Waals surface area contributed by atoms with Crippen molar-refractivity contribution in [2.75, 3.05) is 6.54 Å². The van der Waals surface area contributed by atoms with Crippen LogP contribution in [0.2, 0.25) is 10.0 Å². The predicted molar refractivity (Wildman–Crippen MR) is 93.2 cm³/mol. The van der Waals surface area contributed by atoms with Crippen molar-refractivity contribution in [3.63, 3.8) is 0 Å². The summed E-state index contributed by atoms with van der Waals surface area (Å²) in [5.74, 6) is 1.91. The topological polar surface area (TPSA) is 26.0 Å². The fraction of sp³-hybridized carbons (Fsp3) is 0.667. The Morgan fingerprint density at radius 3 is 2.19 bits per heavy atom. The number of nitrogens with two attached hydrogens (primary N) is 1. The molecule has 1 aromatic carbocycles. The zero-order valence-corrected chi connectivity index (χ0v) is 14.8. The van der Waals surface area contributed by atoms with Crippen LogP contribution in [0.4, 0.5) is 0 Å². The summed E-state index contributed by atoms with van der Waals surface area (Å²) in [5.41, 5.74) is 7.73. The molecule has 3 heteroatoms. The summed E-state index contributed by atoms with van der Waals surface area (Å²) in [6.07, 6.45) is 5.16. The SMILES string of the molecule is CC(C)(C)C1CCC(C(CN)c2ccc(Cl)c(Cl)c2)CC1. The Hall–Kier alpha value is -0.240. The molecular formula is C18H27Cl2N. The maximum atomic E-state index is 6.16. The Labute approximate surface area is 139 Å². The molecule has 1 aliphatic rings. The van der Waals surface area contributed by atoms with Gasteiger partial charge in [-0.2, -0.15) is 0 Å². The summed E-state index contributed by atoms with van der Waals surface area (Å²) in [6, 6.07) is 5.97. The van der Waals surface area contributed by atoms with Gasteiger partial charge in [0.15, 0.2) is 0 Å². The molecule has 1 fully saturated rings. The van der Waals surface area contributed by atoms with Gasteiger partial charge in [-0.25, -0.2) is 0 Å². The molecule has 1 unspecified atom stereocenters. The molecule has 0 aliphatic heterocycles. The van der Waals surface area contributed by atoms with Gasteiger partial charge >= 0.3 is 0 Å². The largest absolute Gasteiger partial charge is 0.330 e. The number of rotatable bonds is 3. The molecule has 2 N–H and O–H groups in total. The average Bonchev–Trinajstić information content (AvgIpc) is 2.43. The molecular weight excluding hydrogens is 301 g/mol. The van der Waals surface area contributed by atoms with E-state index in [-0.39, 0.29) is 0 Å². The second-order valence-electron chi connectivity index (χ2n) is 7.49.